The summed E-state index contributed by atoms with van der Waals surface area (Å²) >= 11 is 1.72. The number of thiophene rings is 1. The smallest absolute Gasteiger partial charge is 0.262 e. The van der Waals surface area contributed by atoms with Crippen LogP contribution >= 0.6 is 11.3 Å². The van der Waals surface area contributed by atoms with Crippen LogP contribution in [0.5, 0.6) is 5.75 Å². The predicted molar refractivity (Wildman–Crippen MR) is 78.6 cm³/mol. The molecule has 0 atom stereocenters. The topological polar surface area (TPSA) is 38.3 Å². The van der Waals surface area contributed by atoms with Gasteiger partial charge in [-0.3, -0.25) is 4.79 Å². The molecule has 2 aromatic rings. The lowest BCUT2D eigenvalue weighted by Gasteiger charge is -2.17. The summed E-state index contributed by atoms with van der Waals surface area (Å²) in [4.78, 5) is 12.5. The second-order valence-corrected chi connectivity index (χ2v) is 5.34. The van der Waals surface area contributed by atoms with E-state index in [1.807, 2.05) is 24.3 Å². The summed E-state index contributed by atoms with van der Waals surface area (Å²) in [6.45, 7) is 2.19. The zero-order chi connectivity index (χ0) is 13.2. The molecule has 1 aliphatic rings. The summed E-state index contributed by atoms with van der Waals surface area (Å²) in [6, 6.07) is 7.89. The lowest BCUT2D eigenvalue weighted by molar-refractivity contribution is -0.118. The molecule has 3 rings (SSSR count). The standard InChI is InChI=1S/C15H13NO2S/c1-10-6-7-19-14(10)5-3-11-2-4-13-12(8-11)16-15(17)9-18-13/h2-8H,9H2,1H3,(H,16,17)/b5-3+. The van der Waals surface area contributed by atoms with Crippen molar-refractivity contribution in [2.24, 2.45) is 0 Å². The Hall–Kier alpha value is -2.07. The Balaban J connectivity index is 1.86. The molecule has 0 saturated carbocycles. The van der Waals surface area contributed by atoms with Crippen LogP contribution in [0, 0.1) is 6.92 Å². The third kappa shape index (κ3) is 2.53. The van der Waals surface area contributed by atoms with Gasteiger partial charge in [-0.15, -0.1) is 11.3 Å². The van der Waals surface area contributed by atoms with Gasteiger partial charge in [0.05, 0.1) is 5.69 Å². The fraction of sp³-hybridized carbons (Fsp3) is 0.133. The molecule has 1 aromatic heterocycles. The summed E-state index contributed by atoms with van der Waals surface area (Å²) < 4.78 is 5.33. The lowest BCUT2D eigenvalue weighted by Crippen LogP contribution is -2.25. The highest BCUT2D eigenvalue weighted by Crippen LogP contribution is 2.29. The Labute approximate surface area is 115 Å². The minimum Gasteiger partial charge on any atom is -0.482 e. The Kier molecular flexibility index (Phi) is 3.09. The molecule has 0 unspecified atom stereocenters. The zero-order valence-corrected chi connectivity index (χ0v) is 11.3. The van der Waals surface area contributed by atoms with Crippen LogP contribution in [0.2, 0.25) is 0 Å². The number of fused-ring (bicyclic) bond motifs is 1. The van der Waals surface area contributed by atoms with Crippen molar-refractivity contribution < 1.29 is 9.53 Å². The van der Waals surface area contributed by atoms with Gasteiger partial charge in [-0.1, -0.05) is 12.1 Å². The van der Waals surface area contributed by atoms with E-state index in [1.165, 1.54) is 10.4 Å². The molecule has 0 radical (unpaired) electrons. The second-order valence-electron chi connectivity index (χ2n) is 4.39. The highest BCUT2D eigenvalue weighted by molar-refractivity contribution is 7.11. The first-order chi connectivity index (χ1) is 9.22. The van der Waals surface area contributed by atoms with Crippen molar-refractivity contribution >= 4 is 35.1 Å². The number of hydrogen-bond acceptors (Lipinski definition) is 3. The van der Waals surface area contributed by atoms with E-state index < -0.39 is 0 Å². The quantitative estimate of drug-likeness (QED) is 0.907. The van der Waals surface area contributed by atoms with E-state index in [9.17, 15) is 4.79 Å². The number of benzene rings is 1. The minimum atomic E-state index is -0.109. The predicted octanol–water partition coefficient (Wildman–Crippen LogP) is 3.56. The van der Waals surface area contributed by atoms with E-state index in [1.54, 1.807) is 11.3 Å². The average molecular weight is 271 g/mol. The van der Waals surface area contributed by atoms with Gasteiger partial charge in [0, 0.05) is 4.88 Å². The highest BCUT2D eigenvalue weighted by Gasteiger charge is 2.15. The molecule has 4 heteroatoms. The monoisotopic (exact) mass is 271 g/mol. The maximum Gasteiger partial charge on any atom is 0.262 e. The van der Waals surface area contributed by atoms with Crippen molar-refractivity contribution in [3.8, 4) is 5.75 Å². The maximum atomic E-state index is 11.3. The third-order valence-electron chi connectivity index (χ3n) is 2.97. The zero-order valence-electron chi connectivity index (χ0n) is 10.5. The molecule has 1 amide bonds. The summed E-state index contributed by atoms with van der Waals surface area (Å²) in [6.07, 6.45) is 4.13. The van der Waals surface area contributed by atoms with Crippen molar-refractivity contribution in [2.75, 3.05) is 11.9 Å². The Morgan fingerprint density at radius 2 is 2.21 bits per heavy atom. The van der Waals surface area contributed by atoms with Crippen LogP contribution in [-0.2, 0) is 4.79 Å². The van der Waals surface area contributed by atoms with Crippen molar-refractivity contribution in [1.82, 2.24) is 0 Å². The lowest BCUT2D eigenvalue weighted by atomic mass is 10.1. The van der Waals surface area contributed by atoms with E-state index in [2.05, 4.69) is 29.8 Å². The molecule has 3 nitrogen and oxygen atoms in total. The van der Waals surface area contributed by atoms with Crippen LogP contribution in [-0.4, -0.2) is 12.5 Å². The van der Waals surface area contributed by atoms with Gasteiger partial charge in [0.1, 0.15) is 5.75 Å². The molecule has 0 bridgehead atoms. The molecule has 1 aromatic carbocycles. The fourth-order valence-corrected chi connectivity index (χ4v) is 2.75. The van der Waals surface area contributed by atoms with E-state index >= 15 is 0 Å². The van der Waals surface area contributed by atoms with Gasteiger partial charge in [0.15, 0.2) is 6.61 Å². The Bertz CT molecular complexity index is 658. The molecule has 96 valence electrons. The number of anilines is 1. The molecular formula is C15H13NO2S. The van der Waals surface area contributed by atoms with E-state index in [0.717, 1.165) is 17.0 Å². The number of carbonyl (C=O) groups is 1. The summed E-state index contributed by atoms with van der Waals surface area (Å²) in [7, 11) is 0. The van der Waals surface area contributed by atoms with Gasteiger partial charge in [-0.2, -0.15) is 0 Å². The van der Waals surface area contributed by atoms with Gasteiger partial charge in [-0.25, -0.2) is 0 Å². The van der Waals surface area contributed by atoms with Crippen LogP contribution in [0.3, 0.4) is 0 Å². The molecule has 2 heterocycles. The second kappa shape index (κ2) is 4.90. The highest BCUT2D eigenvalue weighted by atomic mass is 32.1. The molecule has 0 fully saturated rings. The molecule has 1 aliphatic heterocycles. The van der Waals surface area contributed by atoms with Gasteiger partial charge < -0.3 is 10.1 Å². The Morgan fingerprint density at radius 3 is 3.00 bits per heavy atom. The molecule has 19 heavy (non-hydrogen) atoms. The SMILES string of the molecule is Cc1ccsc1/C=C/c1ccc2c(c1)NC(=O)CO2. The minimum absolute atomic E-state index is 0.0938. The molecular weight excluding hydrogens is 258 g/mol. The van der Waals surface area contributed by atoms with Gasteiger partial charge in [-0.05, 0) is 47.7 Å². The molecule has 0 spiro atoms. The number of nitrogens with one attached hydrogen (secondary N) is 1. The van der Waals surface area contributed by atoms with Crippen LogP contribution in [0.15, 0.2) is 29.6 Å². The van der Waals surface area contributed by atoms with Crippen LogP contribution < -0.4 is 10.1 Å². The van der Waals surface area contributed by atoms with Crippen molar-refractivity contribution in [3.63, 3.8) is 0 Å². The van der Waals surface area contributed by atoms with Crippen molar-refractivity contribution in [3.05, 3.63) is 45.6 Å². The number of carbonyl (C=O) groups excluding carboxylic acids is 1. The van der Waals surface area contributed by atoms with Crippen LogP contribution in [0.25, 0.3) is 12.2 Å². The van der Waals surface area contributed by atoms with Crippen LogP contribution in [0.1, 0.15) is 16.0 Å². The first kappa shape index (κ1) is 12.0. The summed E-state index contributed by atoms with van der Waals surface area (Å²) in [5, 5.41) is 4.89. The average Bonchev–Trinajstić information content (AvgIpc) is 2.81. The van der Waals surface area contributed by atoms with E-state index in [0.29, 0.717) is 0 Å². The first-order valence-corrected chi connectivity index (χ1v) is 6.89. The van der Waals surface area contributed by atoms with Crippen molar-refractivity contribution in [2.45, 2.75) is 6.92 Å². The number of aryl methyl sites for hydroxylation is 1. The maximum absolute atomic E-state index is 11.3. The van der Waals surface area contributed by atoms with Gasteiger partial charge >= 0.3 is 0 Å². The number of rotatable bonds is 2. The summed E-state index contributed by atoms with van der Waals surface area (Å²) in [5.41, 5.74) is 3.05. The molecule has 1 N–H and O–H groups in total. The molecule has 0 saturated heterocycles. The Morgan fingerprint density at radius 1 is 1.32 bits per heavy atom. The number of amides is 1. The third-order valence-corrected chi connectivity index (χ3v) is 3.95. The van der Waals surface area contributed by atoms with Gasteiger partial charge in [0.25, 0.3) is 5.91 Å². The largest absolute Gasteiger partial charge is 0.482 e. The fourth-order valence-electron chi connectivity index (χ4n) is 1.93. The normalized spacial score (nSPS) is 14.1. The number of hydrogen-bond donors (Lipinski definition) is 1. The molecule has 0 aliphatic carbocycles. The first-order valence-electron chi connectivity index (χ1n) is 6.01. The number of ether oxygens (including phenoxy) is 1. The van der Waals surface area contributed by atoms with Crippen molar-refractivity contribution in [1.29, 1.82) is 0 Å². The van der Waals surface area contributed by atoms with E-state index in [-0.39, 0.29) is 12.5 Å². The van der Waals surface area contributed by atoms with E-state index in [4.69, 9.17) is 4.74 Å². The summed E-state index contributed by atoms with van der Waals surface area (Å²) in [5.74, 6) is 0.617. The van der Waals surface area contributed by atoms with Crippen LogP contribution in [0.4, 0.5) is 5.69 Å². The van der Waals surface area contributed by atoms with Gasteiger partial charge in [0.2, 0.25) is 0 Å².